The van der Waals surface area contributed by atoms with Crippen molar-refractivity contribution in [1.82, 2.24) is 15.2 Å². The van der Waals surface area contributed by atoms with Crippen molar-refractivity contribution in [3.63, 3.8) is 0 Å². The van der Waals surface area contributed by atoms with Crippen molar-refractivity contribution in [2.75, 3.05) is 33.0 Å². The molecule has 2 amide bonds. The molecule has 3 heterocycles. The van der Waals surface area contributed by atoms with Crippen molar-refractivity contribution in [2.45, 2.75) is 81.2 Å². The summed E-state index contributed by atoms with van der Waals surface area (Å²) >= 11 is 0. The van der Waals surface area contributed by atoms with Gasteiger partial charge in [0.1, 0.15) is 47.0 Å². The number of imide groups is 1. The van der Waals surface area contributed by atoms with Crippen LogP contribution < -0.4 is 26.3 Å². The van der Waals surface area contributed by atoms with Crippen LogP contribution in [0.5, 0.6) is 17.2 Å². The minimum atomic E-state index is -2.44. The molecule has 10 N–H and O–H groups in total. The fourth-order valence-corrected chi connectivity index (χ4v) is 8.71. The highest BCUT2D eigenvalue weighted by molar-refractivity contribution is 6.31. The first-order valence-corrected chi connectivity index (χ1v) is 19.1. The van der Waals surface area contributed by atoms with Gasteiger partial charge in [-0.15, -0.1) is 0 Å². The van der Waals surface area contributed by atoms with Crippen LogP contribution in [0, 0.1) is 0 Å². The predicted molar refractivity (Wildman–Crippen MR) is 209 cm³/mol. The maximum absolute atomic E-state index is 14.7. The van der Waals surface area contributed by atoms with Gasteiger partial charge in [-0.1, -0.05) is 6.92 Å². The minimum Gasteiger partial charge on any atom is -0.507 e. The van der Waals surface area contributed by atoms with Crippen LogP contribution in [0.15, 0.2) is 47.6 Å². The van der Waals surface area contributed by atoms with Crippen molar-refractivity contribution in [1.29, 1.82) is 0 Å². The number of aryl methyl sites for hydroxylation is 1. The highest BCUT2D eigenvalue weighted by Gasteiger charge is 2.57. The first-order chi connectivity index (χ1) is 28.2. The number of aromatic hydroxyl groups is 1. The number of fused-ring (bicyclic) bond motifs is 3. The molecule has 2 aromatic carbocycles. The molecule has 1 fully saturated rings. The number of aliphatic hydroxyl groups is 4. The summed E-state index contributed by atoms with van der Waals surface area (Å²) in [5, 5.41) is 60.9. The van der Waals surface area contributed by atoms with Crippen LogP contribution in [0.2, 0.25) is 0 Å². The van der Waals surface area contributed by atoms with Gasteiger partial charge in [-0.25, -0.2) is 4.98 Å². The van der Waals surface area contributed by atoms with E-state index in [9.17, 15) is 44.7 Å². The van der Waals surface area contributed by atoms with Crippen molar-refractivity contribution >= 4 is 35.2 Å². The Kier molecular flexibility index (Phi) is 11.2. The first-order valence-electron chi connectivity index (χ1n) is 19.1. The number of nitrogens with two attached hydrogens (primary N) is 2. The number of carbonyl (C=O) groups excluding carboxylic acids is 4. The molecular weight excluding hydrogens is 768 g/mol. The molecule has 1 aromatic heterocycles. The number of hydrogen-bond acceptors (Lipinski definition) is 15. The number of amides is 2. The zero-order chi connectivity index (χ0) is 42.5. The smallest absolute Gasteiger partial charge is 0.253 e. The van der Waals surface area contributed by atoms with E-state index in [2.05, 4.69) is 15.3 Å². The second kappa shape index (κ2) is 16.0. The van der Waals surface area contributed by atoms with Crippen LogP contribution in [0.4, 0.5) is 5.82 Å². The van der Waals surface area contributed by atoms with E-state index >= 15 is 0 Å². The average Bonchev–Trinajstić information content (AvgIpc) is 3.54. The van der Waals surface area contributed by atoms with Crippen LogP contribution in [0.3, 0.4) is 0 Å². The Morgan fingerprint density at radius 3 is 2.47 bits per heavy atom. The molecule has 312 valence electrons. The maximum atomic E-state index is 14.7. The molecule has 0 saturated carbocycles. The summed E-state index contributed by atoms with van der Waals surface area (Å²) in [6.07, 6.45) is -2.57. The summed E-state index contributed by atoms with van der Waals surface area (Å²) < 4.78 is 17.8. The average molecular weight is 815 g/mol. The highest BCUT2D eigenvalue weighted by Crippen LogP contribution is 2.48. The standard InChI is InChI=1S/C41H46N6O12/c1-4-21-24(57-3)14-25(33-31(21)34(51)22-12-19-6-5-7-23(46-40(43)44-2)30(19)35(52)32(22)36(33)53)58-39-37(54)38(55)41(56,26(17-48)59-39)15-20(18-10-11-45-27(42)13-18)16-47-28(49)8-9-29(47)50/h8-14,20,23,26,37-39,48,52,54-56H,4-7,15-17H2,1-3H3,(H2,42,45)(H3,43,44,46). The molecular formula is C41H46N6O12. The summed E-state index contributed by atoms with van der Waals surface area (Å²) in [5.41, 5.74) is 10.7. The Balaban J connectivity index is 1.26. The lowest BCUT2D eigenvalue weighted by molar-refractivity contribution is -0.315. The van der Waals surface area contributed by atoms with Crippen LogP contribution in [0.1, 0.15) is 92.2 Å². The lowest BCUT2D eigenvalue weighted by Crippen LogP contribution is -2.68. The van der Waals surface area contributed by atoms with Gasteiger partial charge in [-0.05, 0) is 61.4 Å². The third kappa shape index (κ3) is 7.05. The first kappa shape index (κ1) is 41.2. The molecule has 2 aliphatic heterocycles. The second-order valence-corrected chi connectivity index (χ2v) is 15.0. The zero-order valence-electron chi connectivity index (χ0n) is 32.5. The Hall–Kier alpha value is -5.92. The highest BCUT2D eigenvalue weighted by atomic mass is 16.7. The molecule has 4 aliphatic rings. The van der Waals surface area contributed by atoms with Crippen LogP contribution >= 0.6 is 0 Å². The number of aromatic nitrogens is 1. The fraction of sp³-hybridized carbons (Fsp3) is 0.415. The van der Waals surface area contributed by atoms with Crippen LogP contribution in [-0.2, 0) is 27.2 Å². The number of carbonyl (C=O) groups is 4. The Labute approximate surface area is 338 Å². The quantitative estimate of drug-likeness (QED) is 0.0573. The van der Waals surface area contributed by atoms with Gasteiger partial charge in [0.15, 0.2) is 11.7 Å². The SMILES string of the molecule is CCc1c(OC)cc(OC2OC(CO)C(O)(CC(CN3C(=O)C=CC3=O)c3ccnc(N)c3)C(O)C2O)c2c1C(=O)c1cc3c(c(O)c1C2=O)C(NC(N)=NC)CCC3. The largest absolute Gasteiger partial charge is 0.507 e. The van der Waals surface area contributed by atoms with Crippen molar-refractivity contribution in [2.24, 2.45) is 10.7 Å². The monoisotopic (exact) mass is 814 g/mol. The lowest BCUT2D eigenvalue weighted by atomic mass is 9.75. The predicted octanol–water partition coefficient (Wildman–Crippen LogP) is 0.275. The number of benzene rings is 2. The zero-order valence-corrected chi connectivity index (χ0v) is 32.5. The summed E-state index contributed by atoms with van der Waals surface area (Å²) in [5.74, 6) is -3.84. The van der Waals surface area contributed by atoms with Gasteiger partial charge in [0.25, 0.3) is 11.8 Å². The molecule has 0 radical (unpaired) electrons. The number of hydrogen-bond donors (Lipinski definition) is 8. The van der Waals surface area contributed by atoms with E-state index in [4.69, 9.17) is 25.7 Å². The number of phenolic OH excluding ortho intramolecular Hbond substituents is 1. The Morgan fingerprint density at radius 1 is 1.10 bits per heavy atom. The molecule has 0 bridgehead atoms. The molecule has 59 heavy (non-hydrogen) atoms. The number of ether oxygens (including phenoxy) is 3. The number of ketones is 2. The Bertz CT molecular complexity index is 2270. The summed E-state index contributed by atoms with van der Waals surface area (Å²) in [4.78, 5) is 63.2. The van der Waals surface area contributed by atoms with Crippen LogP contribution in [0.25, 0.3) is 0 Å². The molecule has 18 nitrogen and oxygen atoms in total. The number of nitrogen functional groups attached to an aromatic ring is 1. The number of aliphatic imine (C=N–C) groups is 1. The van der Waals surface area contributed by atoms with Gasteiger partial charge in [0.05, 0.1) is 30.9 Å². The third-order valence-electron chi connectivity index (χ3n) is 11.7. The van der Waals surface area contributed by atoms with E-state index in [1.807, 2.05) is 0 Å². The second-order valence-electron chi connectivity index (χ2n) is 15.0. The van der Waals surface area contributed by atoms with E-state index in [1.54, 1.807) is 19.1 Å². The summed E-state index contributed by atoms with van der Waals surface area (Å²) in [6, 6.07) is 5.42. The minimum absolute atomic E-state index is 0.0150. The number of methoxy groups -OCH3 is 1. The van der Waals surface area contributed by atoms with E-state index in [1.165, 1.54) is 32.5 Å². The molecule has 1 saturated heterocycles. The number of aliphatic hydroxyl groups excluding tert-OH is 3. The third-order valence-corrected chi connectivity index (χ3v) is 11.7. The normalized spacial score (nSPS) is 25.7. The number of nitrogens with one attached hydrogen (secondary N) is 1. The molecule has 18 heteroatoms. The van der Waals surface area contributed by atoms with Gasteiger partial charge in [0.2, 0.25) is 12.1 Å². The van der Waals surface area contributed by atoms with Crippen molar-refractivity contribution < 1.29 is 58.9 Å². The van der Waals surface area contributed by atoms with Gasteiger partial charge >= 0.3 is 0 Å². The van der Waals surface area contributed by atoms with E-state index < -0.39 is 84.3 Å². The number of guanidine groups is 1. The molecule has 7 atom stereocenters. The maximum Gasteiger partial charge on any atom is 0.253 e. The van der Waals surface area contributed by atoms with Gasteiger partial charge in [-0.2, -0.15) is 0 Å². The number of anilines is 1. The summed E-state index contributed by atoms with van der Waals surface area (Å²) in [6.45, 7) is 0.566. The number of pyridine rings is 1. The van der Waals surface area contributed by atoms with Crippen LogP contribution in [-0.4, -0.2) is 122 Å². The van der Waals surface area contributed by atoms with E-state index in [0.717, 1.165) is 17.1 Å². The van der Waals surface area contributed by atoms with Gasteiger partial charge in [0, 0.05) is 66.2 Å². The van der Waals surface area contributed by atoms with E-state index in [-0.39, 0.29) is 58.5 Å². The lowest BCUT2D eigenvalue weighted by Gasteiger charge is -2.49. The van der Waals surface area contributed by atoms with Crippen molar-refractivity contribution in [3.8, 4) is 17.2 Å². The number of rotatable bonds is 11. The number of nitrogens with zero attached hydrogens (tertiary/aromatic N) is 3. The molecule has 7 unspecified atom stereocenters. The summed E-state index contributed by atoms with van der Waals surface area (Å²) in [7, 11) is 2.86. The van der Waals surface area contributed by atoms with E-state index in [0.29, 0.717) is 41.5 Å². The van der Waals surface area contributed by atoms with Gasteiger partial charge in [-0.3, -0.25) is 29.1 Å². The Morgan fingerprint density at radius 2 is 1.83 bits per heavy atom. The molecule has 7 rings (SSSR count). The molecule has 2 aliphatic carbocycles. The molecule has 3 aromatic rings. The van der Waals surface area contributed by atoms with Gasteiger partial charge < -0.3 is 56.5 Å². The molecule has 0 spiro atoms. The topological polar surface area (TPSA) is 290 Å². The fourth-order valence-electron chi connectivity index (χ4n) is 8.71. The van der Waals surface area contributed by atoms with Crippen molar-refractivity contribution in [3.05, 3.63) is 87.1 Å². The number of phenols is 1.